The van der Waals surface area contributed by atoms with Gasteiger partial charge in [-0.05, 0) is 44.9 Å². The van der Waals surface area contributed by atoms with Crippen LogP contribution >= 0.6 is 0 Å². The fourth-order valence-corrected chi connectivity index (χ4v) is 3.13. The zero-order valence-corrected chi connectivity index (χ0v) is 14.9. The van der Waals surface area contributed by atoms with Crippen molar-refractivity contribution in [2.45, 2.75) is 34.1 Å². The number of anilines is 1. The SMILES string of the molecule is CC(=O)c1c(C)oc(NC(=O)Cc2noc3cc(C)cc(C)c23)c1C#N. The number of carbonyl (C=O) groups is 2. The van der Waals surface area contributed by atoms with E-state index in [0.29, 0.717) is 17.0 Å². The quantitative estimate of drug-likeness (QED) is 0.719. The Morgan fingerprint density at radius 2 is 2.00 bits per heavy atom. The number of carbonyl (C=O) groups excluding carboxylic acids is 2. The van der Waals surface area contributed by atoms with E-state index in [9.17, 15) is 14.9 Å². The molecule has 0 aliphatic heterocycles. The van der Waals surface area contributed by atoms with Crippen LogP contribution < -0.4 is 5.32 Å². The number of furan rings is 1. The van der Waals surface area contributed by atoms with Crippen molar-refractivity contribution in [3.63, 3.8) is 0 Å². The van der Waals surface area contributed by atoms with Crippen molar-refractivity contribution >= 4 is 28.5 Å². The lowest BCUT2D eigenvalue weighted by molar-refractivity contribution is -0.115. The zero-order valence-electron chi connectivity index (χ0n) is 14.9. The number of amides is 1. The Morgan fingerprint density at radius 1 is 1.27 bits per heavy atom. The molecule has 2 aromatic heterocycles. The number of nitrogens with one attached hydrogen (secondary N) is 1. The number of hydrogen-bond donors (Lipinski definition) is 1. The molecule has 0 aliphatic rings. The summed E-state index contributed by atoms with van der Waals surface area (Å²) in [5.41, 5.74) is 3.35. The summed E-state index contributed by atoms with van der Waals surface area (Å²) in [5.74, 6) is -0.444. The minimum atomic E-state index is -0.416. The Bertz CT molecular complexity index is 1080. The number of nitriles is 1. The topological polar surface area (TPSA) is 109 Å². The van der Waals surface area contributed by atoms with Crippen LogP contribution in [-0.2, 0) is 11.2 Å². The summed E-state index contributed by atoms with van der Waals surface area (Å²) in [6.07, 6.45) is -0.0447. The molecule has 132 valence electrons. The van der Waals surface area contributed by atoms with E-state index >= 15 is 0 Å². The van der Waals surface area contributed by atoms with Gasteiger partial charge in [0.1, 0.15) is 23.1 Å². The summed E-state index contributed by atoms with van der Waals surface area (Å²) in [7, 11) is 0. The average Bonchev–Trinajstić information content (AvgIpc) is 3.07. The molecular weight excluding hydrogens is 334 g/mol. The first-order valence-corrected chi connectivity index (χ1v) is 8.01. The molecule has 0 atom stereocenters. The minimum absolute atomic E-state index is 0.0273. The fraction of sp³-hybridized carbons (Fsp3) is 0.263. The number of rotatable bonds is 4. The first-order chi connectivity index (χ1) is 12.3. The molecule has 0 saturated carbocycles. The van der Waals surface area contributed by atoms with Gasteiger partial charge in [0.25, 0.3) is 0 Å². The van der Waals surface area contributed by atoms with E-state index in [4.69, 9.17) is 8.94 Å². The Morgan fingerprint density at radius 3 is 2.65 bits per heavy atom. The smallest absolute Gasteiger partial charge is 0.232 e. The maximum Gasteiger partial charge on any atom is 0.232 e. The second-order valence-electron chi connectivity index (χ2n) is 6.21. The Kier molecular flexibility index (Phi) is 4.34. The molecule has 1 aromatic carbocycles. The van der Waals surface area contributed by atoms with Gasteiger partial charge < -0.3 is 8.94 Å². The van der Waals surface area contributed by atoms with E-state index in [-0.39, 0.29) is 29.2 Å². The largest absolute Gasteiger partial charge is 0.443 e. The van der Waals surface area contributed by atoms with Crippen molar-refractivity contribution < 1.29 is 18.5 Å². The van der Waals surface area contributed by atoms with Gasteiger partial charge in [-0.3, -0.25) is 14.9 Å². The third-order valence-electron chi connectivity index (χ3n) is 4.12. The molecule has 0 aliphatic carbocycles. The highest BCUT2D eigenvalue weighted by atomic mass is 16.5. The third kappa shape index (κ3) is 2.97. The van der Waals surface area contributed by atoms with Crippen molar-refractivity contribution in [3.8, 4) is 6.07 Å². The van der Waals surface area contributed by atoms with E-state index in [0.717, 1.165) is 16.5 Å². The molecule has 0 spiro atoms. The van der Waals surface area contributed by atoms with Gasteiger partial charge in [0, 0.05) is 5.39 Å². The lowest BCUT2D eigenvalue weighted by Crippen LogP contribution is -2.15. The second-order valence-corrected chi connectivity index (χ2v) is 6.21. The summed E-state index contributed by atoms with van der Waals surface area (Å²) in [6, 6.07) is 5.76. The van der Waals surface area contributed by atoms with Gasteiger partial charge in [0.2, 0.25) is 11.8 Å². The molecule has 0 radical (unpaired) electrons. The highest BCUT2D eigenvalue weighted by molar-refractivity contribution is 6.01. The van der Waals surface area contributed by atoms with Gasteiger partial charge in [-0.2, -0.15) is 5.26 Å². The summed E-state index contributed by atoms with van der Waals surface area (Å²) in [6.45, 7) is 6.80. The van der Waals surface area contributed by atoms with E-state index in [1.807, 2.05) is 32.0 Å². The fourth-order valence-electron chi connectivity index (χ4n) is 3.13. The molecule has 0 unspecified atom stereocenters. The van der Waals surface area contributed by atoms with Crippen molar-refractivity contribution in [1.29, 1.82) is 5.26 Å². The van der Waals surface area contributed by atoms with Crippen molar-refractivity contribution in [2.24, 2.45) is 0 Å². The highest BCUT2D eigenvalue weighted by Gasteiger charge is 2.23. The van der Waals surface area contributed by atoms with E-state index < -0.39 is 5.91 Å². The maximum absolute atomic E-state index is 12.4. The predicted molar refractivity (Wildman–Crippen MR) is 94.0 cm³/mol. The van der Waals surface area contributed by atoms with E-state index in [2.05, 4.69) is 10.5 Å². The van der Waals surface area contributed by atoms with Crippen LogP contribution in [0.1, 0.15) is 45.4 Å². The van der Waals surface area contributed by atoms with Crippen molar-refractivity contribution in [1.82, 2.24) is 5.16 Å². The van der Waals surface area contributed by atoms with E-state index in [1.54, 1.807) is 6.92 Å². The van der Waals surface area contributed by atoms with Gasteiger partial charge in [-0.25, -0.2) is 0 Å². The maximum atomic E-state index is 12.4. The number of benzene rings is 1. The number of nitrogens with zero attached hydrogens (tertiary/aromatic N) is 2. The highest BCUT2D eigenvalue weighted by Crippen LogP contribution is 2.28. The normalized spacial score (nSPS) is 10.7. The van der Waals surface area contributed by atoms with Crippen LogP contribution in [0.2, 0.25) is 0 Å². The molecule has 1 amide bonds. The molecule has 1 N–H and O–H groups in total. The molecule has 3 aromatic rings. The summed E-state index contributed by atoms with van der Waals surface area (Å²) in [4.78, 5) is 24.1. The molecule has 2 heterocycles. The van der Waals surface area contributed by atoms with Crippen LogP contribution in [0.5, 0.6) is 0 Å². The first kappa shape index (κ1) is 17.4. The molecule has 0 fully saturated rings. The molecule has 0 saturated heterocycles. The molecule has 0 bridgehead atoms. The van der Waals surface area contributed by atoms with Crippen LogP contribution in [0.25, 0.3) is 11.0 Å². The van der Waals surface area contributed by atoms with Crippen LogP contribution in [0.3, 0.4) is 0 Å². The second kappa shape index (κ2) is 6.48. The summed E-state index contributed by atoms with van der Waals surface area (Å²) >= 11 is 0. The Hall–Kier alpha value is -3.40. The first-order valence-electron chi connectivity index (χ1n) is 8.01. The standard InChI is InChI=1S/C19H17N3O4/c1-9-5-10(2)17-14(22-26-15(17)6-9)7-16(24)21-19-13(8-20)18(11(3)23)12(4)25-19/h5-6H,7H2,1-4H3,(H,21,24). The van der Waals surface area contributed by atoms with Gasteiger partial charge >= 0.3 is 0 Å². The van der Waals surface area contributed by atoms with Gasteiger partial charge in [-0.15, -0.1) is 0 Å². The number of hydrogen-bond acceptors (Lipinski definition) is 6. The third-order valence-corrected chi connectivity index (χ3v) is 4.12. The van der Waals surface area contributed by atoms with Crippen molar-refractivity contribution in [3.05, 3.63) is 45.8 Å². The number of aryl methyl sites for hydroxylation is 3. The van der Waals surface area contributed by atoms with Crippen LogP contribution in [0, 0.1) is 32.1 Å². The van der Waals surface area contributed by atoms with Crippen LogP contribution in [0.4, 0.5) is 5.88 Å². The monoisotopic (exact) mass is 351 g/mol. The number of Topliss-reactive ketones (excluding diaryl/α,β-unsaturated/α-hetero) is 1. The molecular formula is C19H17N3O4. The molecule has 7 heteroatoms. The van der Waals surface area contributed by atoms with Gasteiger partial charge in [0.15, 0.2) is 11.4 Å². The van der Waals surface area contributed by atoms with Gasteiger partial charge in [-0.1, -0.05) is 11.2 Å². The number of ketones is 1. The van der Waals surface area contributed by atoms with Crippen molar-refractivity contribution in [2.75, 3.05) is 5.32 Å². The minimum Gasteiger partial charge on any atom is -0.443 e. The van der Waals surface area contributed by atoms with Crippen LogP contribution in [-0.4, -0.2) is 16.8 Å². The molecule has 26 heavy (non-hydrogen) atoms. The zero-order chi connectivity index (χ0) is 19.0. The van der Waals surface area contributed by atoms with E-state index in [1.165, 1.54) is 6.92 Å². The molecule has 3 rings (SSSR count). The Labute approximate surface area is 149 Å². The Balaban J connectivity index is 1.88. The molecule has 7 nitrogen and oxygen atoms in total. The predicted octanol–water partition coefficient (Wildman–Crippen LogP) is 3.60. The number of aromatic nitrogens is 1. The lowest BCUT2D eigenvalue weighted by atomic mass is 10.0. The van der Waals surface area contributed by atoms with Crippen LogP contribution in [0.15, 0.2) is 21.1 Å². The summed E-state index contributed by atoms with van der Waals surface area (Å²) in [5, 5.41) is 16.6. The lowest BCUT2D eigenvalue weighted by Gasteiger charge is -2.02. The number of fused-ring (bicyclic) bond motifs is 1. The average molecular weight is 351 g/mol. The summed E-state index contributed by atoms with van der Waals surface area (Å²) < 4.78 is 10.7. The van der Waals surface area contributed by atoms with Gasteiger partial charge in [0.05, 0.1) is 12.0 Å².